The number of methoxy groups -OCH3 is 2. The van der Waals surface area contributed by atoms with Crippen LogP contribution < -0.4 is 19.5 Å². The van der Waals surface area contributed by atoms with Crippen LogP contribution in [-0.2, 0) is 30.3 Å². The van der Waals surface area contributed by atoms with E-state index in [9.17, 15) is 19.2 Å². The lowest BCUT2D eigenvalue weighted by Crippen LogP contribution is -2.53. The molecule has 11 heteroatoms. The standard InChI is InChI=1S/C35H48N2O9/c1-6-35(2,3)32(40)33(41)37-19-8-7-13-27(37)34(42)46-28(16-14-24-15-17-29(43-4)30(21-24)44-5)25-11-9-12-26(22-25)45-23-31(39)36-18-10-20-38/h9,11-12,15,17,21-22,27-28,38H,6-8,10,13-14,16,18-20,23H2,1-5H3,(H,36,39)/t27-,28+/m0/s1. The summed E-state index contributed by atoms with van der Waals surface area (Å²) in [6.45, 7) is 5.75. The maximum Gasteiger partial charge on any atom is 0.329 e. The van der Waals surface area contributed by atoms with Crippen molar-refractivity contribution >= 4 is 23.6 Å². The van der Waals surface area contributed by atoms with Gasteiger partial charge in [0.1, 0.15) is 17.9 Å². The Kier molecular flexibility index (Phi) is 13.9. The number of carbonyl (C=O) groups excluding carboxylic acids is 4. The van der Waals surface area contributed by atoms with Crippen LogP contribution in [-0.4, -0.2) is 80.1 Å². The van der Waals surface area contributed by atoms with Crippen molar-refractivity contribution in [2.75, 3.05) is 40.5 Å². The Morgan fingerprint density at radius 1 is 1.04 bits per heavy atom. The molecule has 2 N–H and O–H groups in total. The van der Waals surface area contributed by atoms with Crippen LogP contribution in [0, 0.1) is 5.41 Å². The van der Waals surface area contributed by atoms with Gasteiger partial charge in [-0.25, -0.2) is 4.79 Å². The van der Waals surface area contributed by atoms with Gasteiger partial charge >= 0.3 is 5.97 Å². The third kappa shape index (κ3) is 9.94. The Hall–Kier alpha value is -4.12. The van der Waals surface area contributed by atoms with Crippen LogP contribution in [0.1, 0.15) is 76.5 Å². The predicted molar refractivity (Wildman–Crippen MR) is 172 cm³/mol. The number of aryl methyl sites for hydroxylation is 1. The highest BCUT2D eigenvalue weighted by Crippen LogP contribution is 2.32. The largest absolute Gasteiger partial charge is 0.493 e. The normalized spacial score (nSPS) is 15.4. The zero-order chi connectivity index (χ0) is 33.7. The number of piperidine rings is 1. The number of aliphatic hydroxyl groups excluding tert-OH is 1. The number of hydrogen-bond acceptors (Lipinski definition) is 9. The average Bonchev–Trinajstić information content (AvgIpc) is 3.08. The number of rotatable bonds is 17. The molecule has 2 atom stereocenters. The number of benzene rings is 2. The lowest BCUT2D eigenvalue weighted by molar-refractivity contribution is -0.164. The minimum absolute atomic E-state index is 0.0214. The van der Waals surface area contributed by atoms with Gasteiger partial charge in [0.15, 0.2) is 18.1 Å². The molecule has 0 aliphatic carbocycles. The molecule has 2 aromatic rings. The second-order valence-corrected chi connectivity index (χ2v) is 12.0. The summed E-state index contributed by atoms with van der Waals surface area (Å²) in [5, 5.41) is 11.6. The Labute approximate surface area is 271 Å². The molecular weight excluding hydrogens is 592 g/mol. The fraction of sp³-hybridized carbons (Fsp3) is 0.543. The van der Waals surface area contributed by atoms with Crippen LogP contribution in [0.15, 0.2) is 42.5 Å². The molecule has 1 aliphatic rings. The molecular formula is C35H48N2O9. The zero-order valence-corrected chi connectivity index (χ0v) is 27.6. The quantitative estimate of drug-likeness (QED) is 0.148. The van der Waals surface area contributed by atoms with E-state index in [0.29, 0.717) is 74.4 Å². The van der Waals surface area contributed by atoms with Crippen LogP contribution in [0.3, 0.4) is 0 Å². The monoisotopic (exact) mass is 640 g/mol. The van der Waals surface area contributed by atoms with Crippen molar-refractivity contribution in [1.82, 2.24) is 10.2 Å². The Bertz CT molecular complexity index is 1340. The summed E-state index contributed by atoms with van der Waals surface area (Å²) in [5.41, 5.74) is 0.762. The molecule has 0 aromatic heterocycles. The SMILES string of the molecule is CCC(C)(C)C(=O)C(=O)N1CCCC[C@H]1C(=O)O[C@H](CCc1ccc(OC)c(OC)c1)c1cccc(OCC(=O)NCCCO)c1. The summed E-state index contributed by atoms with van der Waals surface area (Å²) in [6.07, 6.45) is 2.98. The van der Waals surface area contributed by atoms with Crippen molar-refractivity contribution in [2.45, 2.75) is 77.9 Å². The highest BCUT2D eigenvalue weighted by molar-refractivity contribution is 6.38. The van der Waals surface area contributed by atoms with Gasteiger partial charge in [-0.15, -0.1) is 0 Å². The van der Waals surface area contributed by atoms with Crippen molar-refractivity contribution in [3.05, 3.63) is 53.6 Å². The molecule has 1 saturated heterocycles. The first-order valence-corrected chi connectivity index (χ1v) is 15.9. The maximum atomic E-state index is 13.8. The highest BCUT2D eigenvalue weighted by Gasteiger charge is 2.41. The minimum atomic E-state index is -0.872. The second kappa shape index (κ2) is 17.5. The van der Waals surface area contributed by atoms with E-state index in [1.54, 1.807) is 46.3 Å². The molecule has 0 radical (unpaired) electrons. The first-order chi connectivity index (χ1) is 22.0. The van der Waals surface area contributed by atoms with Crippen molar-refractivity contribution < 1.29 is 43.2 Å². The van der Waals surface area contributed by atoms with Crippen LogP contribution >= 0.6 is 0 Å². The number of likely N-dealkylation sites (tertiary alicyclic amines) is 1. The van der Waals surface area contributed by atoms with E-state index < -0.39 is 35.2 Å². The van der Waals surface area contributed by atoms with E-state index in [2.05, 4.69) is 5.32 Å². The van der Waals surface area contributed by atoms with Gasteiger partial charge in [-0.2, -0.15) is 0 Å². The molecule has 1 fully saturated rings. The van der Waals surface area contributed by atoms with Gasteiger partial charge in [-0.1, -0.05) is 39.0 Å². The fourth-order valence-corrected chi connectivity index (χ4v) is 5.16. The number of hydrogen-bond donors (Lipinski definition) is 2. The summed E-state index contributed by atoms with van der Waals surface area (Å²) >= 11 is 0. The van der Waals surface area contributed by atoms with Crippen molar-refractivity contribution in [3.8, 4) is 17.2 Å². The molecule has 2 aromatic carbocycles. The summed E-state index contributed by atoms with van der Waals surface area (Å²) in [6, 6.07) is 11.7. The number of nitrogens with one attached hydrogen (secondary N) is 1. The molecule has 1 heterocycles. The van der Waals surface area contributed by atoms with Gasteiger partial charge in [0, 0.05) is 25.1 Å². The fourth-order valence-electron chi connectivity index (χ4n) is 5.16. The number of carbonyl (C=O) groups is 4. The number of ether oxygens (including phenoxy) is 4. The second-order valence-electron chi connectivity index (χ2n) is 12.0. The molecule has 252 valence electrons. The first kappa shape index (κ1) is 36.3. The van der Waals surface area contributed by atoms with Crippen LogP contribution in [0.2, 0.25) is 0 Å². The average molecular weight is 641 g/mol. The molecule has 1 aliphatic heterocycles. The van der Waals surface area contributed by atoms with E-state index in [4.69, 9.17) is 24.1 Å². The molecule has 0 spiro atoms. The molecule has 2 amide bonds. The molecule has 0 unspecified atom stereocenters. The minimum Gasteiger partial charge on any atom is -0.493 e. The lowest BCUT2D eigenvalue weighted by Gasteiger charge is -2.36. The van der Waals surface area contributed by atoms with Gasteiger partial charge in [-0.05, 0) is 80.3 Å². The van der Waals surface area contributed by atoms with Gasteiger partial charge in [-0.3, -0.25) is 14.4 Å². The summed E-state index contributed by atoms with van der Waals surface area (Å²) in [4.78, 5) is 53.7. The Balaban J connectivity index is 1.84. The molecule has 3 rings (SSSR count). The van der Waals surface area contributed by atoms with Gasteiger partial charge in [0.2, 0.25) is 5.78 Å². The number of Topliss-reactive ketones (excluding diaryl/α,β-unsaturated/α-hetero) is 1. The Morgan fingerprint density at radius 3 is 2.50 bits per heavy atom. The maximum absolute atomic E-state index is 13.8. The van der Waals surface area contributed by atoms with E-state index in [1.807, 2.05) is 31.2 Å². The molecule has 0 saturated carbocycles. The van der Waals surface area contributed by atoms with Crippen molar-refractivity contribution in [1.29, 1.82) is 0 Å². The number of ketones is 1. The summed E-state index contributed by atoms with van der Waals surface area (Å²) in [5.74, 6) is -0.448. The topological polar surface area (TPSA) is 141 Å². The smallest absolute Gasteiger partial charge is 0.329 e. The first-order valence-electron chi connectivity index (χ1n) is 15.9. The number of nitrogens with zero attached hydrogens (tertiary/aromatic N) is 1. The van der Waals surface area contributed by atoms with Crippen LogP contribution in [0.4, 0.5) is 0 Å². The Morgan fingerprint density at radius 2 is 1.80 bits per heavy atom. The number of amides is 2. The van der Waals surface area contributed by atoms with E-state index in [1.165, 1.54) is 4.90 Å². The predicted octanol–water partition coefficient (Wildman–Crippen LogP) is 4.18. The third-order valence-corrected chi connectivity index (χ3v) is 8.39. The molecule has 0 bridgehead atoms. The highest BCUT2D eigenvalue weighted by atomic mass is 16.5. The van der Waals surface area contributed by atoms with Crippen LogP contribution in [0.25, 0.3) is 0 Å². The van der Waals surface area contributed by atoms with Gasteiger partial charge in [0.25, 0.3) is 11.8 Å². The molecule has 46 heavy (non-hydrogen) atoms. The summed E-state index contributed by atoms with van der Waals surface area (Å²) in [7, 11) is 3.13. The lowest BCUT2D eigenvalue weighted by atomic mass is 9.84. The van der Waals surface area contributed by atoms with Crippen molar-refractivity contribution in [2.24, 2.45) is 5.41 Å². The number of aliphatic hydroxyl groups is 1. The van der Waals surface area contributed by atoms with Gasteiger partial charge < -0.3 is 34.3 Å². The molecule has 11 nitrogen and oxygen atoms in total. The number of esters is 1. The van der Waals surface area contributed by atoms with E-state index in [0.717, 1.165) is 12.0 Å². The van der Waals surface area contributed by atoms with Crippen LogP contribution in [0.5, 0.6) is 17.2 Å². The summed E-state index contributed by atoms with van der Waals surface area (Å²) < 4.78 is 22.7. The van der Waals surface area contributed by atoms with Gasteiger partial charge in [0.05, 0.1) is 14.2 Å². The van der Waals surface area contributed by atoms with E-state index >= 15 is 0 Å². The van der Waals surface area contributed by atoms with Crippen molar-refractivity contribution in [3.63, 3.8) is 0 Å². The zero-order valence-electron chi connectivity index (χ0n) is 27.6. The third-order valence-electron chi connectivity index (χ3n) is 8.39. The van der Waals surface area contributed by atoms with E-state index in [-0.39, 0.29) is 19.1 Å².